The number of hydrogen-bond acceptors (Lipinski definition) is 7. The Morgan fingerprint density at radius 1 is 0.780 bits per heavy atom. The van der Waals surface area contributed by atoms with Gasteiger partial charge in [-0.25, -0.2) is 4.79 Å². The molecular weight excluding hydrogens is 735 g/mol. The summed E-state index contributed by atoms with van der Waals surface area (Å²) in [6.07, 6.45) is 2.69. The minimum absolute atomic E-state index is 0.0214. The number of nitrogens with zero attached hydrogens (tertiary/aromatic N) is 2. The largest absolute Gasteiger partial charge is 0.497 e. The molecule has 2 fully saturated rings. The predicted molar refractivity (Wildman–Crippen MR) is 226 cm³/mol. The fourth-order valence-corrected chi connectivity index (χ4v) is 10.3. The standard InChI is InChI=1S/C51H41N3O5/c1-58-40-23-19-38(20-24-40)51(39-21-25-41(26-22-39)59-50(57)35-16-10-11-32(27-35)31-55)44-18-9-8-17-42(44)49(56)54(51)30-37-28-36-29-43(37)46-45(36)47(33-12-4-2-5-13-33)52-53-48(46)34-14-6-3-7-15-34/h2-27,31,36-37,43,45,53H,28-30H2,1H3. The second-order valence-electron chi connectivity index (χ2n) is 15.8. The van der Waals surface area contributed by atoms with Gasteiger partial charge in [0.2, 0.25) is 0 Å². The third-order valence-corrected chi connectivity index (χ3v) is 12.8. The fraction of sp³-hybridized carbons (Fsp3) is 0.176. The van der Waals surface area contributed by atoms with Crippen molar-refractivity contribution >= 4 is 29.6 Å². The summed E-state index contributed by atoms with van der Waals surface area (Å²) in [6.45, 7) is 0.528. The van der Waals surface area contributed by atoms with Crippen molar-refractivity contribution in [3.8, 4) is 11.5 Å². The lowest BCUT2D eigenvalue weighted by Gasteiger charge is -2.44. The van der Waals surface area contributed by atoms with E-state index in [-0.39, 0.29) is 29.2 Å². The van der Waals surface area contributed by atoms with Gasteiger partial charge in [-0.05, 0) is 106 Å². The number of benzene rings is 6. The van der Waals surface area contributed by atoms with E-state index in [1.807, 2.05) is 54.6 Å². The number of nitrogens with one attached hydrogen (secondary N) is 1. The lowest BCUT2D eigenvalue weighted by atomic mass is 9.71. The number of aldehydes is 1. The quantitative estimate of drug-likeness (QED) is 0.0848. The first kappa shape index (κ1) is 36.3. The maximum atomic E-state index is 15.1. The molecule has 2 bridgehead atoms. The van der Waals surface area contributed by atoms with Gasteiger partial charge in [-0.3, -0.25) is 15.0 Å². The molecule has 1 amide bonds. The monoisotopic (exact) mass is 775 g/mol. The molecule has 2 saturated carbocycles. The highest BCUT2D eigenvalue weighted by atomic mass is 16.5. The molecule has 5 atom stereocenters. The molecule has 0 spiro atoms. The lowest BCUT2D eigenvalue weighted by molar-refractivity contribution is 0.0614. The van der Waals surface area contributed by atoms with Gasteiger partial charge in [-0.1, -0.05) is 115 Å². The lowest BCUT2D eigenvalue weighted by Crippen LogP contribution is -2.49. The first-order valence-corrected chi connectivity index (χ1v) is 20.1. The van der Waals surface area contributed by atoms with Crippen LogP contribution in [0.25, 0.3) is 5.70 Å². The van der Waals surface area contributed by atoms with E-state index in [0.717, 1.165) is 52.1 Å². The van der Waals surface area contributed by atoms with E-state index in [4.69, 9.17) is 14.6 Å². The molecule has 2 aliphatic carbocycles. The zero-order valence-corrected chi connectivity index (χ0v) is 32.5. The topological polar surface area (TPSA) is 97.3 Å². The van der Waals surface area contributed by atoms with Crippen LogP contribution in [0.2, 0.25) is 0 Å². The van der Waals surface area contributed by atoms with E-state index in [1.165, 1.54) is 11.6 Å². The van der Waals surface area contributed by atoms with Gasteiger partial charge in [0.1, 0.15) is 23.3 Å². The van der Waals surface area contributed by atoms with Crippen molar-refractivity contribution < 1.29 is 23.9 Å². The maximum absolute atomic E-state index is 15.1. The molecule has 10 rings (SSSR count). The highest BCUT2D eigenvalue weighted by Gasteiger charge is 2.57. The molecule has 8 heteroatoms. The van der Waals surface area contributed by atoms with E-state index in [0.29, 0.717) is 41.4 Å². The Morgan fingerprint density at radius 2 is 1.44 bits per heavy atom. The van der Waals surface area contributed by atoms with Gasteiger partial charge >= 0.3 is 5.97 Å². The summed E-state index contributed by atoms with van der Waals surface area (Å²) >= 11 is 0. The Bertz CT molecular complexity index is 2660. The summed E-state index contributed by atoms with van der Waals surface area (Å²) in [4.78, 5) is 41.7. The van der Waals surface area contributed by atoms with Crippen LogP contribution in [0.5, 0.6) is 11.5 Å². The molecule has 4 aliphatic rings. The Balaban J connectivity index is 1.06. The summed E-state index contributed by atoms with van der Waals surface area (Å²) in [6, 6.07) is 50.8. The van der Waals surface area contributed by atoms with Crippen molar-refractivity contribution in [1.82, 2.24) is 10.3 Å². The first-order valence-electron chi connectivity index (χ1n) is 20.1. The van der Waals surface area contributed by atoms with Gasteiger partial charge < -0.3 is 14.4 Å². The number of fused-ring (bicyclic) bond motifs is 6. The molecule has 8 nitrogen and oxygen atoms in total. The third-order valence-electron chi connectivity index (χ3n) is 12.8. The van der Waals surface area contributed by atoms with Crippen molar-refractivity contribution in [3.05, 3.63) is 208 Å². The van der Waals surface area contributed by atoms with Crippen LogP contribution in [0.4, 0.5) is 0 Å². The maximum Gasteiger partial charge on any atom is 0.343 e. The van der Waals surface area contributed by atoms with Crippen molar-refractivity contribution in [2.45, 2.75) is 18.4 Å². The van der Waals surface area contributed by atoms with Crippen LogP contribution in [0.15, 0.2) is 168 Å². The van der Waals surface area contributed by atoms with Gasteiger partial charge in [0, 0.05) is 23.6 Å². The van der Waals surface area contributed by atoms with E-state index >= 15 is 4.79 Å². The second kappa shape index (κ2) is 14.7. The van der Waals surface area contributed by atoms with Crippen LogP contribution in [0.3, 0.4) is 0 Å². The van der Waals surface area contributed by atoms with Crippen molar-refractivity contribution in [2.75, 3.05) is 13.7 Å². The predicted octanol–water partition coefficient (Wildman–Crippen LogP) is 9.17. The smallest absolute Gasteiger partial charge is 0.343 e. The Hall–Kier alpha value is -7.06. The number of rotatable bonds is 10. The number of carbonyl (C=O) groups excluding carboxylic acids is 3. The zero-order valence-electron chi connectivity index (χ0n) is 32.5. The first-order chi connectivity index (χ1) is 29.0. The molecule has 5 unspecified atom stereocenters. The molecule has 0 radical (unpaired) electrons. The molecule has 59 heavy (non-hydrogen) atoms. The number of allylic oxidation sites excluding steroid dienone is 1. The molecule has 6 aromatic rings. The molecular formula is C51H41N3O5. The average molecular weight is 776 g/mol. The van der Waals surface area contributed by atoms with Crippen LogP contribution in [-0.4, -0.2) is 42.4 Å². The fourth-order valence-electron chi connectivity index (χ4n) is 10.3. The number of hydrogen-bond donors (Lipinski definition) is 1. The minimum atomic E-state index is -1.000. The Kier molecular flexibility index (Phi) is 9.05. The summed E-state index contributed by atoms with van der Waals surface area (Å²) in [7, 11) is 1.65. The van der Waals surface area contributed by atoms with Gasteiger partial charge in [0.15, 0.2) is 0 Å². The number of amides is 1. The average Bonchev–Trinajstić information content (AvgIpc) is 3.96. The molecule has 0 saturated heterocycles. The molecule has 2 aliphatic heterocycles. The van der Waals surface area contributed by atoms with Crippen LogP contribution < -0.4 is 14.9 Å². The zero-order chi connectivity index (χ0) is 40.1. The van der Waals surface area contributed by atoms with Gasteiger partial charge in [-0.2, -0.15) is 5.10 Å². The van der Waals surface area contributed by atoms with Crippen LogP contribution in [-0.2, 0) is 5.54 Å². The van der Waals surface area contributed by atoms with E-state index in [9.17, 15) is 9.59 Å². The van der Waals surface area contributed by atoms with E-state index in [2.05, 4.69) is 77.1 Å². The summed E-state index contributed by atoms with van der Waals surface area (Å²) in [5, 5.41) is 5.04. The molecule has 6 aromatic carbocycles. The number of methoxy groups -OCH3 is 1. The highest BCUT2D eigenvalue weighted by molar-refractivity contribution is 6.07. The molecule has 1 N–H and O–H groups in total. The van der Waals surface area contributed by atoms with E-state index < -0.39 is 11.5 Å². The SMILES string of the molecule is COc1ccc(C2(c3ccc(OC(=O)c4cccc(C=O)c4)cc3)c3ccccc3C(=O)N2CC2CC3CC2C2=C(c4ccccc4)NN=C(c4ccccc4)C23)cc1. The molecule has 2 heterocycles. The van der Waals surface area contributed by atoms with Crippen molar-refractivity contribution in [1.29, 1.82) is 0 Å². The number of esters is 1. The third kappa shape index (κ3) is 5.97. The van der Waals surface area contributed by atoms with Gasteiger partial charge in [0.25, 0.3) is 5.91 Å². The van der Waals surface area contributed by atoms with Crippen LogP contribution >= 0.6 is 0 Å². The Morgan fingerprint density at radius 3 is 2.14 bits per heavy atom. The normalized spacial score (nSPS) is 22.6. The van der Waals surface area contributed by atoms with Gasteiger partial charge in [0.05, 0.1) is 24.1 Å². The number of hydrazone groups is 1. The van der Waals surface area contributed by atoms with Crippen LogP contribution in [0, 0.1) is 23.7 Å². The minimum Gasteiger partial charge on any atom is -0.497 e. The summed E-state index contributed by atoms with van der Waals surface area (Å²) in [5.74, 6) is 1.45. The highest BCUT2D eigenvalue weighted by Crippen LogP contribution is 2.60. The van der Waals surface area contributed by atoms with Crippen molar-refractivity contribution in [3.63, 3.8) is 0 Å². The number of carbonyl (C=O) groups is 3. The molecule has 0 aromatic heterocycles. The number of ether oxygens (including phenoxy) is 2. The molecule has 290 valence electrons. The van der Waals surface area contributed by atoms with E-state index in [1.54, 1.807) is 37.4 Å². The van der Waals surface area contributed by atoms with Crippen LogP contribution in [0.1, 0.15) is 71.7 Å². The van der Waals surface area contributed by atoms with Crippen molar-refractivity contribution in [2.24, 2.45) is 28.8 Å². The summed E-state index contributed by atoms with van der Waals surface area (Å²) in [5.41, 5.74) is 12.3. The Labute approximate surface area is 342 Å². The second-order valence-corrected chi connectivity index (χ2v) is 15.8. The summed E-state index contributed by atoms with van der Waals surface area (Å²) < 4.78 is 11.4. The van der Waals surface area contributed by atoms with Gasteiger partial charge in [-0.15, -0.1) is 0 Å².